The highest BCUT2D eigenvalue weighted by Crippen LogP contribution is 2.31. The van der Waals surface area contributed by atoms with Gasteiger partial charge in [-0.2, -0.15) is 0 Å². The summed E-state index contributed by atoms with van der Waals surface area (Å²) in [6.45, 7) is 9.87. The van der Waals surface area contributed by atoms with Crippen LogP contribution in [0.2, 0.25) is 0 Å². The lowest BCUT2D eigenvalue weighted by Crippen LogP contribution is -2.53. The zero-order chi connectivity index (χ0) is 29.1. The highest BCUT2D eigenvalue weighted by atomic mass is 16.6. The van der Waals surface area contributed by atoms with E-state index in [0.29, 0.717) is 24.0 Å². The summed E-state index contributed by atoms with van der Waals surface area (Å²) in [5.74, 6) is 1.67. The smallest absolute Gasteiger partial charge is 0.410 e. The number of nitrogens with zero attached hydrogens (tertiary/aromatic N) is 7. The fraction of sp³-hybridized carbons (Fsp3) is 0.567. The molecule has 3 aromatic rings. The average Bonchev–Trinajstić information content (AvgIpc) is 3.42. The minimum atomic E-state index is -0.541. The van der Waals surface area contributed by atoms with E-state index in [1.807, 2.05) is 44.7 Å². The van der Waals surface area contributed by atoms with Crippen molar-refractivity contribution >= 4 is 11.8 Å². The van der Waals surface area contributed by atoms with Gasteiger partial charge < -0.3 is 19.3 Å². The molecule has 0 N–H and O–H groups in total. The molecule has 0 radical (unpaired) electrons. The van der Waals surface area contributed by atoms with Crippen LogP contribution in [0.5, 0.6) is 5.75 Å². The zero-order valence-corrected chi connectivity index (χ0v) is 24.7. The van der Waals surface area contributed by atoms with Crippen LogP contribution < -0.4 is 15.2 Å². The van der Waals surface area contributed by atoms with E-state index < -0.39 is 5.60 Å². The largest absolute Gasteiger partial charge is 0.495 e. The fourth-order valence-corrected chi connectivity index (χ4v) is 5.44. The molecular weight excluding hydrogens is 522 g/mol. The summed E-state index contributed by atoms with van der Waals surface area (Å²) < 4.78 is 14.3. The lowest BCUT2D eigenvalue weighted by atomic mass is 9.84. The van der Waals surface area contributed by atoms with Crippen molar-refractivity contribution in [1.29, 1.82) is 0 Å². The Hall–Kier alpha value is -3.89. The van der Waals surface area contributed by atoms with Gasteiger partial charge in [-0.3, -0.25) is 14.3 Å². The Morgan fingerprint density at radius 2 is 1.98 bits per heavy atom. The van der Waals surface area contributed by atoms with Crippen molar-refractivity contribution < 1.29 is 14.3 Å². The zero-order valence-electron chi connectivity index (χ0n) is 24.7. The molecule has 2 fully saturated rings. The first kappa shape index (κ1) is 28.6. The molecule has 5 rings (SSSR count). The molecule has 2 atom stereocenters. The number of pyridine rings is 2. The number of carbonyl (C=O) groups is 1. The normalized spacial score (nSPS) is 18.5. The van der Waals surface area contributed by atoms with Crippen LogP contribution in [0.3, 0.4) is 0 Å². The van der Waals surface area contributed by atoms with Crippen molar-refractivity contribution in [2.75, 3.05) is 31.6 Å². The molecule has 220 valence electrons. The number of hydrogen-bond donors (Lipinski definition) is 0. The minimum Gasteiger partial charge on any atom is -0.495 e. The summed E-state index contributed by atoms with van der Waals surface area (Å²) in [6.07, 6.45) is 11.5. The van der Waals surface area contributed by atoms with Gasteiger partial charge in [-0.15, -0.1) is 5.10 Å². The predicted molar refractivity (Wildman–Crippen MR) is 156 cm³/mol. The Kier molecular flexibility index (Phi) is 8.32. The number of methoxy groups -OCH3 is 1. The van der Waals surface area contributed by atoms with Gasteiger partial charge in [0.05, 0.1) is 19.3 Å². The average molecular weight is 564 g/mol. The number of rotatable bonds is 8. The Bertz CT molecular complexity index is 1410. The van der Waals surface area contributed by atoms with Gasteiger partial charge in [-0.25, -0.2) is 14.5 Å². The molecule has 41 heavy (non-hydrogen) atoms. The lowest BCUT2D eigenvalue weighted by molar-refractivity contribution is 0.00736. The van der Waals surface area contributed by atoms with Gasteiger partial charge in [0.2, 0.25) is 0 Å². The second kappa shape index (κ2) is 11.9. The van der Waals surface area contributed by atoms with Gasteiger partial charge in [0.25, 0.3) is 5.56 Å². The number of hydrogen-bond acceptors (Lipinski definition) is 8. The van der Waals surface area contributed by atoms with Crippen LogP contribution in [0.1, 0.15) is 66.0 Å². The monoisotopic (exact) mass is 563 g/mol. The summed E-state index contributed by atoms with van der Waals surface area (Å²) in [5, 5.41) is 4.58. The van der Waals surface area contributed by atoms with E-state index in [1.54, 1.807) is 47.3 Å². The molecule has 1 saturated heterocycles. The third-order valence-electron chi connectivity index (χ3n) is 7.94. The summed E-state index contributed by atoms with van der Waals surface area (Å²) in [6, 6.07) is 5.50. The molecule has 11 nitrogen and oxygen atoms in total. The van der Waals surface area contributed by atoms with Crippen LogP contribution in [0.25, 0.3) is 11.4 Å². The van der Waals surface area contributed by atoms with Crippen LogP contribution in [0, 0.1) is 5.92 Å². The molecule has 1 aliphatic heterocycles. The van der Waals surface area contributed by atoms with Gasteiger partial charge in [-0.05, 0) is 71.4 Å². The Morgan fingerprint density at radius 1 is 1.17 bits per heavy atom. The quantitative estimate of drug-likeness (QED) is 0.392. The number of amides is 1. The van der Waals surface area contributed by atoms with Gasteiger partial charge >= 0.3 is 6.09 Å². The molecule has 1 amide bonds. The maximum atomic E-state index is 13.3. The molecule has 11 heteroatoms. The van der Waals surface area contributed by atoms with E-state index in [1.165, 1.54) is 6.42 Å². The number of anilines is 1. The molecule has 0 bridgehead atoms. The maximum absolute atomic E-state index is 13.3. The standard InChI is InChI=1S/C30H41N7O4/c1-21(37-20-32-28(33-37)23-14-26(40-5)17-31-16-23)35-13-11-24(15-27(35)38)34-12-7-10-25(19-34)36(18-22-8-6-9-22)29(39)41-30(2,3)4/h11,13-17,20-22,25H,6-10,12,18-19H2,1-5H3/t21?,25-/m1/s1. The van der Waals surface area contributed by atoms with Crippen molar-refractivity contribution in [3.8, 4) is 17.1 Å². The van der Waals surface area contributed by atoms with E-state index in [4.69, 9.17) is 9.47 Å². The first-order valence-electron chi connectivity index (χ1n) is 14.5. The van der Waals surface area contributed by atoms with E-state index in [9.17, 15) is 9.59 Å². The van der Waals surface area contributed by atoms with Crippen LogP contribution in [0.15, 0.2) is 47.9 Å². The van der Waals surface area contributed by atoms with Crippen molar-refractivity contribution in [1.82, 2.24) is 29.2 Å². The molecule has 1 aliphatic carbocycles. The highest BCUT2D eigenvalue weighted by molar-refractivity contribution is 5.69. The van der Waals surface area contributed by atoms with Crippen molar-refractivity contribution in [2.24, 2.45) is 5.92 Å². The first-order chi connectivity index (χ1) is 19.6. The SMILES string of the molecule is COc1cncc(-c2ncn(C(C)n3ccc(N4CCC[C@@H](N(CC5CCC5)C(=O)OC(C)(C)C)C4)cc3=O)n2)c1. The Balaban J connectivity index is 1.30. The van der Waals surface area contributed by atoms with Crippen LogP contribution in [0.4, 0.5) is 10.5 Å². The molecule has 2 aliphatic rings. The van der Waals surface area contributed by atoms with Gasteiger partial charge in [0.1, 0.15) is 23.8 Å². The molecular formula is C30H41N7O4. The second-order valence-corrected chi connectivity index (χ2v) is 12.1. The first-order valence-corrected chi connectivity index (χ1v) is 14.5. The minimum absolute atomic E-state index is 0.0419. The molecule has 0 spiro atoms. The van der Waals surface area contributed by atoms with Crippen molar-refractivity contribution in [3.63, 3.8) is 0 Å². The van der Waals surface area contributed by atoms with Crippen molar-refractivity contribution in [2.45, 2.75) is 77.6 Å². The Morgan fingerprint density at radius 3 is 2.66 bits per heavy atom. The second-order valence-electron chi connectivity index (χ2n) is 12.1. The number of ether oxygens (including phenoxy) is 2. The Labute approximate surface area is 241 Å². The summed E-state index contributed by atoms with van der Waals surface area (Å²) in [5.41, 5.74) is 0.920. The molecule has 4 heterocycles. The predicted octanol–water partition coefficient (Wildman–Crippen LogP) is 4.58. The van der Waals surface area contributed by atoms with Crippen molar-refractivity contribution in [3.05, 3.63) is 53.5 Å². The number of piperidine rings is 1. The van der Waals surface area contributed by atoms with Crippen LogP contribution >= 0.6 is 0 Å². The summed E-state index contributed by atoms with van der Waals surface area (Å²) in [4.78, 5) is 39.3. The van der Waals surface area contributed by atoms with E-state index in [0.717, 1.165) is 50.0 Å². The summed E-state index contributed by atoms with van der Waals surface area (Å²) >= 11 is 0. The van der Waals surface area contributed by atoms with Crippen LogP contribution in [-0.2, 0) is 4.74 Å². The van der Waals surface area contributed by atoms with E-state index >= 15 is 0 Å². The third kappa shape index (κ3) is 6.71. The molecule has 1 unspecified atom stereocenters. The van der Waals surface area contributed by atoms with E-state index in [2.05, 4.69) is 20.0 Å². The van der Waals surface area contributed by atoms with Gasteiger partial charge in [0.15, 0.2) is 5.82 Å². The number of aromatic nitrogens is 5. The third-order valence-corrected chi connectivity index (χ3v) is 7.94. The van der Waals surface area contributed by atoms with Gasteiger partial charge in [-0.1, -0.05) is 6.42 Å². The van der Waals surface area contributed by atoms with Crippen LogP contribution in [-0.4, -0.2) is 73.7 Å². The molecule has 1 saturated carbocycles. The number of carbonyl (C=O) groups excluding carboxylic acids is 1. The highest BCUT2D eigenvalue weighted by Gasteiger charge is 2.34. The molecule has 0 aromatic carbocycles. The fourth-order valence-electron chi connectivity index (χ4n) is 5.44. The van der Waals surface area contributed by atoms with E-state index in [-0.39, 0.29) is 23.9 Å². The summed E-state index contributed by atoms with van der Waals surface area (Å²) in [7, 11) is 1.58. The maximum Gasteiger partial charge on any atom is 0.410 e. The molecule has 3 aromatic heterocycles. The van der Waals surface area contributed by atoms with Gasteiger partial charge in [0, 0.05) is 49.3 Å². The lowest BCUT2D eigenvalue weighted by Gasteiger charge is -2.43. The topological polar surface area (TPSA) is 108 Å².